The predicted octanol–water partition coefficient (Wildman–Crippen LogP) is 8.66. The maximum absolute atomic E-state index is 13.3. The lowest BCUT2D eigenvalue weighted by molar-refractivity contribution is -0.148. The first-order valence-corrected chi connectivity index (χ1v) is 13.7. The van der Waals surface area contributed by atoms with E-state index in [1.165, 1.54) is 17.7 Å². The first-order chi connectivity index (χ1) is 18.7. The van der Waals surface area contributed by atoms with Crippen LogP contribution in [0.15, 0.2) is 72.8 Å². The van der Waals surface area contributed by atoms with Crippen LogP contribution in [0.25, 0.3) is 11.1 Å². The van der Waals surface area contributed by atoms with Gasteiger partial charge in [-0.1, -0.05) is 74.0 Å². The number of halogens is 3. The van der Waals surface area contributed by atoms with Crippen LogP contribution in [0.4, 0.5) is 13.2 Å². The minimum absolute atomic E-state index is 0.000918. The molecule has 206 valence electrons. The summed E-state index contributed by atoms with van der Waals surface area (Å²) >= 11 is 0. The third kappa shape index (κ3) is 7.17. The van der Waals surface area contributed by atoms with Crippen molar-refractivity contribution in [3.05, 3.63) is 95.1 Å². The molecule has 0 aromatic heterocycles. The lowest BCUT2D eigenvalue weighted by atomic mass is 9.82. The fourth-order valence-corrected chi connectivity index (χ4v) is 5.63. The summed E-state index contributed by atoms with van der Waals surface area (Å²) in [5.41, 5.74) is 3.08. The largest absolute Gasteiger partial charge is 0.466 e. The lowest BCUT2D eigenvalue weighted by Crippen LogP contribution is -2.17. The molecule has 0 N–H and O–H groups in total. The van der Waals surface area contributed by atoms with Crippen molar-refractivity contribution >= 4 is 11.8 Å². The smallest absolute Gasteiger partial charge is 0.416 e. The van der Waals surface area contributed by atoms with Gasteiger partial charge in [0.05, 0.1) is 18.1 Å². The van der Waals surface area contributed by atoms with Crippen LogP contribution in [-0.2, 0) is 22.1 Å². The van der Waals surface area contributed by atoms with Gasteiger partial charge in [-0.2, -0.15) is 13.2 Å². The zero-order valence-electron chi connectivity index (χ0n) is 22.5. The molecule has 0 amide bonds. The molecular weight excluding hydrogens is 501 g/mol. The van der Waals surface area contributed by atoms with Crippen molar-refractivity contribution in [1.29, 1.82) is 0 Å². The van der Waals surface area contributed by atoms with E-state index < -0.39 is 11.7 Å². The van der Waals surface area contributed by atoms with Crippen molar-refractivity contribution < 1.29 is 27.5 Å². The van der Waals surface area contributed by atoms with Gasteiger partial charge in [0, 0.05) is 12.0 Å². The van der Waals surface area contributed by atoms with E-state index in [-0.39, 0.29) is 24.1 Å². The summed E-state index contributed by atoms with van der Waals surface area (Å²) in [4.78, 5) is 25.4. The molecule has 0 saturated heterocycles. The molecule has 1 saturated carbocycles. The van der Waals surface area contributed by atoms with E-state index in [9.17, 15) is 22.8 Å². The van der Waals surface area contributed by atoms with Crippen LogP contribution in [0, 0.1) is 11.8 Å². The summed E-state index contributed by atoms with van der Waals surface area (Å²) in [5.74, 6) is 0.685. The quantitative estimate of drug-likeness (QED) is 0.164. The predicted molar refractivity (Wildman–Crippen MR) is 146 cm³/mol. The van der Waals surface area contributed by atoms with E-state index in [2.05, 4.69) is 19.1 Å². The van der Waals surface area contributed by atoms with Crippen LogP contribution >= 0.6 is 0 Å². The summed E-state index contributed by atoms with van der Waals surface area (Å²) in [6.07, 6.45) is 0.638. The molecule has 0 radical (unpaired) electrons. The van der Waals surface area contributed by atoms with Crippen molar-refractivity contribution in [3.63, 3.8) is 0 Å². The number of Topliss-reactive ketones (excluding diaryl/α,β-unsaturated/α-hetero) is 1. The summed E-state index contributed by atoms with van der Waals surface area (Å²) < 4.78 is 44.2. The number of rotatable bonds is 8. The van der Waals surface area contributed by atoms with Crippen molar-refractivity contribution in [3.8, 4) is 11.1 Å². The van der Waals surface area contributed by atoms with Crippen molar-refractivity contribution in [2.45, 2.75) is 64.5 Å². The number of hydrogen-bond donors (Lipinski definition) is 0. The Morgan fingerprint density at radius 3 is 2.26 bits per heavy atom. The van der Waals surface area contributed by atoms with Crippen LogP contribution in [0.5, 0.6) is 0 Å². The minimum atomic E-state index is -4.40. The van der Waals surface area contributed by atoms with E-state index >= 15 is 0 Å². The van der Waals surface area contributed by atoms with Crippen molar-refractivity contribution in [1.82, 2.24) is 0 Å². The topological polar surface area (TPSA) is 43.4 Å². The molecule has 1 aliphatic carbocycles. The number of alkyl halides is 3. The summed E-state index contributed by atoms with van der Waals surface area (Å²) in [6, 6.07) is 20.1. The van der Waals surface area contributed by atoms with Gasteiger partial charge in [0.15, 0.2) is 5.78 Å². The standard InChI is InChI=1S/C33H35F3O3/c1-3-39-32(38)27-8-6-7-24(15-16-27)22(2)25-13-11-23(12-14-25)21-31(37)30-10-5-4-9-29(30)26-17-19-28(20-18-26)33(34,35)36/h4-5,9-14,17-20,22,24,27H,3,6-8,15-16,21H2,1-2H3/t22-,24?,27?/m0/s1. The Hall–Kier alpha value is -3.41. The average Bonchev–Trinajstić information content (AvgIpc) is 3.19. The Kier molecular flexibility index (Phi) is 9.26. The third-order valence-corrected chi connectivity index (χ3v) is 7.96. The molecule has 6 heteroatoms. The second-order valence-corrected chi connectivity index (χ2v) is 10.5. The highest BCUT2D eigenvalue weighted by Crippen LogP contribution is 2.37. The van der Waals surface area contributed by atoms with Gasteiger partial charge >= 0.3 is 12.1 Å². The maximum atomic E-state index is 13.3. The number of carbonyl (C=O) groups is 2. The third-order valence-electron chi connectivity index (χ3n) is 7.96. The normalized spacial score (nSPS) is 18.7. The summed E-state index contributed by atoms with van der Waals surface area (Å²) in [6.45, 7) is 4.50. The first-order valence-electron chi connectivity index (χ1n) is 13.7. The summed E-state index contributed by atoms with van der Waals surface area (Å²) in [7, 11) is 0. The van der Waals surface area contributed by atoms with Gasteiger partial charge in [-0.05, 0) is 78.8 Å². The molecule has 4 rings (SSSR count). The van der Waals surface area contributed by atoms with Crippen LogP contribution in [0.1, 0.15) is 78.9 Å². The summed E-state index contributed by atoms with van der Waals surface area (Å²) in [5, 5.41) is 0. The molecule has 39 heavy (non-hydrogen) atoms. The highest BCUT2D eigenvalue weighted by Gasteiger charge is 2.30. The van der Waals surface area contributed by atoms with Crippen molar-refractivity contribution in [2.75, 3.05) is 6.61 Å². The molecule has 0 spiro atoms. The highest BCUT2D eigenvalue weighted by atomic mass is 19.4. The van der Waals surface area contributed by atoms with Crippen LogP contribution in [0.2, 0.25) is 0 Å². The van der Waals surface area contributed by atoms with Gasteiger partial charge in [0.1, 0.15) is 0 Å². The Bertz CT molecular complexity index is 1260. The molecule has 0 aliphatic heterocycles. The van der Waals surface area contributed by atoms with Gasteiger partial charge in [-0.15, -0.1) is 0 Å². The number of ether oxygens (including phenoxy) is 1. The van der Waals surface area contributed by atoms with Crippen molar-refractivity contribution in [2.24, 2.45) is 11.8 Å². The highest BCUT2D eigenvalue weighted by molar-refractivity contribution is 6.03. The van der Waals surface area contributed by atoms with Gasteiger partial charge in [0.2, 0.25) is 0 Å². The fourth-order valence-electron chi connectivity index (χ4n) is 5.63. The fraction of sp³-hybridized carbons (Fsp3) is 0.394. The number of benzene rings is 3. The van der Waals surface area contributed by atoms with Crippen LogP contribution < -0.4 is 0 Å². The van der Waals surface area contributed by atoms with E-state index in [1.807, 2.05) is 19.1 Å². The zero-order valence-corrected chi connectivity index (χ0v) is 22.5. The molecule has 3 atom stereocenters. The number of carbonyl (C=O) groups excluding carboxylic acids is 2. The maximum Gasteiger partial charge on any atom is 0.416 e. The molecule has 0 heterocycles. The molecule has 3 nitrogen and oxygen atoms in total. The van der Waals surface area contributed by atoms with Gasteiger partial charge < -0.3 is 4.74 Å². The molecule has 1 aliphatic rings. The monoisotopic (exact) mass is 536 g/mol. The van der Waals surface area contributed by atoms with E-state index in [4.69, 9.17) is 4.74 Å². The van der Waals surface area contributed by atoms with E-state index in [1.54, 1.807) is 24.3 Å². The van der Waals surface area contributed by atoms with Crippen LogP contribution in [-0.4, -0.2) is 18.4 Å². The average molecular weight is 537 g/mol. The Balaban J connectivity index is 1.42. The second kappa shape index (κ2) is 12.6. The van der Waals surface area contributed by atoms with Gasteiger partial charge in [0.25, 0.3) is 0 Å². The minimum Gasteiger partial charge on any atom is -0.466 e. The Labute approximate surface area is 228 Å². The number of ketones is 1. The number of hydrogen-bond acceptors (Lipinski definition) is 3. The Morgan fingerprint density at radius 1 is 0.897 bits per heavy atom. The molecule has 1 fully saturated rings. The van der Waals surface area contributed by atoms with Gasteiger partial charge in [-0.3, -0.25) is 9.59 Å². The lowest BCUT2D eigenvalue weighted by Gasteiger charge is -2.23. The van der Waals surface area contributed by atoms with E-state index in [0.29, 0.717) is 35.1 Å². The van der Waals surface area contributed by atoms with Crippen LogP contribution in [0.3, 0.4) is 0 Å². The molecule has 2 unspecified atom stereocenters. The zero-order chi connectivity index (χ0) is 28.0. The Morgan fingerprint density at radius 2 is 1.59 bits per heavy atom. The van der Waals surface area contributed by atoms with E-state index in [0.717, 1.165) is 49.8 Å². The first kappa shape index (κ1) is 28.6. The van der Waals surface area contributed by atoms with Gasteiger partial charge in [-0.25, -0.2) is 0 Å². The second-order valence-electron chi connectivity index (χ2n) is 10.5. The number of esters is 1. The molecule has 3 aromatic carbocycles. The molecule has 0 bridgehead atoms. The molecular formula is C33H35F3O3. The SMILES string of the molecule is CCOC(=O)C1CCCC([C@H](C)c2ccc(CC(=O)c3ccccc3-c3ccc(C(F)(F)F)cc3)cc2)CC1. The molecule has 3 aromatic rings.